The van der Waals surface area contributed by atoms with E-state index in [1.54, 1.807) is 17.0 Å². The van der Waals surface area contributed by atoms with Crippen molar-refractivity contribution in [3.05, 3.63) is 55.9 Å². The Kier molecular flexibility index (Phi) is 6.45. The Bertz CT molecular complexity index is 993. The topological polar surface area (TPSA) is 99.5 Å². The summed E-state index contributed by atoms with van der Waals surface area (Å²) in [6.07, 6.45) is 1.48. The number of amides is 1. The van der Waals surface area contributed by atoms with E-state index in [2.05, 4.69) is 4.98 Å². The highest BCUT2D eigenvalue weighted by Gasteiger charge is 2.30. The fourth-order valence-electron chi connectivity index (χ4n) is 4.05. The molecular weight excluding hydrogens is 408 g/mol. The van der Waals surface area contributed by atoms with Gasteiger partial charge in [0, 0.05) is 48.5 Å². The minimum atomic E-state index is -0.444. The number of halogens is 1. The molecule has 160 valence electrons. The predicted octanol–water partition coefficient (Wildman–Crippen LogP) is 4.00. The second-order valence-electron chi connectivity index (χ2n) is 7.45. The van der Waals surface area contributed by atoms with Crippen LogP contribution in [-0.2, 0) is 6.42 Å². The van der Waals surface area contributed by atoms with Gasteiger partial charge in [0.15, 0.2) is 5.78 Å². The van der Waals surface area contributed by atoms with Crippen molar-refractivity contribution in [2.45, 2.75) is 33.6 Å². The molecule has 1 aromatic heterocycles. The molecule has 0 saturated carbocycles. The van der Waals surface area contributed by atoms with E-state index in [9.17, 15) is 19.7 Å². The van der Waals surface area contributed by atoms with Crippen molar-refractivity contribution in [1.82, 2.24) is 9.88 Å². The Morgan fingerprint density at radius 1 is 1.23 bits per heavy atom. The molecule has 9 heteroatoms. The molecule has 0 radical (unpaired) electrons. The quantitative estimate of drug-likeness (QED) is 0.422. The molecule has 1 aliphatic rings. The summed E-state index contributed by atoms with van der Waals surface area (Å²) in [5, 5.41) is 11.7. The normalized spacial score (nSPS) is 14.1. The number of nitrogens with one attached hydrogen (secondary N) is 1. The van der Waals surface area contributed by atoms with Crippen molar-refractivity contribution in [3.8, 4) is 0 Å². The number of carbonyl (C=O) groups is 2. The Morgan fingerprint density at radius 2 is 1.90 bits per heavy atom. The number of Topliss-reactive ketones (excluding diaryl/α,β-unsaturated/α-hetero) is 1. The Balaban J connectivity index is 1.79. The number of aryl methyl sites for hydroxylation is 1. The molecule has 3 rings (SSSR count). The molecule has 1 aromatic carbocycles. The Morgan fingerprint density at radius 3 is 2.47 bits per heavy atom. The predicted molar refractivity (Wildman–Crippen MR) is 116 cm³/mol. The maximum absolute atomic E-state index is 13.2. The molecule has 0 unspecified atom stereocenters. The Labute approximate surface area is 180 Å². The van der Waals surface area contributed by atoms with Gasteiger partial charge < -0.3 is 14.8 Å². The molecule has 30 heavy (non-hydrogen) atoms. The fraction of sp³-hybridized carbons (Fsp3) is 0.429. The molecule has 0 atom stereocenters. The molecule has 2 heterocycles. The molecule has 1 aliphatic heterocycles. The maximum Gasteiger partial charge on any atom is 0.294 e. The molecule has 1 N–H and O–H groups in total. The molecule has 8 nitrogen and oxygen atoms in total. The summed E-state index contributed by atoms with van der Waals surface area (Å²) in [6, 6.07) is 4.62. The van der Waals surface area contributed by atoms with Gasteiger partial charge in [0.25, 0.3) is 11.6 Å². The van der Waals surface area contributed by atoms with Crippen molar-refractivity contribution in [2.75, 3.05) is 31.1 Å². The number of H-pyrrole nitrogens is 1. The lowest BCUT2D eigenvalue weighted by atomic mass is 10.0. The molecular formula is C21H25ClN4O4. The van der Waals surface area contributed by atoms with Crippen LogP contribution < -0.4 is 4.90 Å². The fourth-order valence-corrected chi connectivity index (χ4v) is 4.22. The van der Waals surface area contributed by atoms with E-state index in [-0.39, 0.29) is 17.4 Å². The number of ketones is 1. The zero-order valence-electron chi connectivity index (χ0n) is 17.3. The smallest absolute Gasteiger partial charge is 0.294 e. The number of aromatic amines is 1. The number of benzene rings is 1. The van der Waals surface area contributed by atoms with Crippen LogP contribution in [-0.4, -0.2) is 52.7 Å². The first-order valence-electron chi connectivity index (χ1n) is 9.95. The van der Waals surface area contributed by atoms with Gasteiger partial charge in [-0.3, -0.25) is 19.7 Å². The van der Waals surface area contributed by atoms with Crippen molar-refractivity contribution >= 4 is 34.7 Å². The summed E-state index contributed by atoms with van der Waals surface area (Å²) >= 11 is 5.91. The number of aromatic nitrogens is 1. The van der Waals surface area contributed by atoms with E-state index in [0.29, 0.717) is 60.3 Å². The number of nitro groups is 1. The monoisotopic (exact) mass is 432 g/mol. The van der Waals surface area contributed by atoms with Crippen LogP contribution in [0.5, 0.6) is 0 Å². The Hall–Kier alpha value is -2.87. The van der Waals surface area contributed by atoms with Gasteiger partial charge in [0.2, 0.25) is 0 Å². The molecule has 1 fully saturated rings. The third-order valence-electron chi connectivity index (χ3n) is 5.40. The number of carbonyl (C=O) groups excluding carboxylic acids is 2. The lowest BCUT2D eigenvalue weighted by Crippen LogP contribution is -2.49. The van der Waals surface area contributed by atoms with Gasteiger partial charge in [0.1, 0.15) is 11.4 Å². The zero-order chi connectivity index (χ0) is 22.0. The van der Waals surface area contributed by atoms with Crippen LogP contribution in [0.2, 0.25) is 5.02 Å². The van der Waals surface area contributed by atoms with E-state index in [1.807, 2.05) is 18.7 Å². The second-order valence-corrected chi connectivity index (χ2v) is 7.89. The average Bonchev–Trinajstić information content (AvgIpc) is 3.04. The molecule has 2 aromatic rings. The highest BCUT2D eigenvalue weighted by molar-refractivity contribution is 6.30. The first-order valence-corrected chi connectivity index (χ1v) is 10.3. The van der Waals surface area contributed by atoms with Crippen molar-refractivity contribution in [3.63, 3.8) is 0 Å². The van der Waals surface area contributed by atoms with Crippen LogP contribution >= 0.6 is 11.6 Å². The highest BCUT2D eigenvalue weighted by atomic mass is 35.5. The minimum absolute atomic E-state index is 0.0430. The summed E-state index contributed by atoms with van der Waals surface area (Å²) in [5.41, 5.74) is 3.03. The number of hydrogen-bond donors (Lipinski definition) is 1. The summed E-state index contributed by atoms with van der Waals surface area (Å²) < 4.78 is 0. The van der Waals surface area contributed by atoms with Crippen LogP contribution in [0, 0.1) is 17.0 Å². The lowest BCUT2D eigenvalue weighted by molar-refractivity contribution is -0.384. The summed E-state index contributed by atoms with van der Waals surface area (Å²) in [6.45, 7) is 7.13. The largest absolute Gasteiger partial charge is 0.362 e. The standard InChI is InChI=1S/C21H25ClN4O4/c1-4-5-16-19(14(3)27)13(2)23-20(16)21(28)25-10-8-24(9-11-25)17-7-6-15(22)12-18(17)26(29)30/h6-7,12,23H,4-5,8-11H2,1-3H3. The van der Waals surface area contributed by atoms with Gasteiger partial charge >= 0.3 is 0 Å². The molecule has 1 saturated heterocycles. The van der Waals surface area contributed by atoms with Gasteiger partial charge in [0.05, 0.1) is 4.92 Å². The van der Waals surface area contributed by atoms with Crippen molar-refractivity contribution in [1.29, 1.82) is 0 Å². The van der Waals surface area contributed by atoms with E-state index in [4.69, 9.17) is 11.6 Å². The number of hydrogen-bond acceptors (Lipinski definition) is 5. The number of piperazine rings is 1. The minimum Gasteiger partial charge on any atom is -0.362 e. The molecule has 0 spiro atoms. The number of anilines is 1. The molecule has 0 bridgehead atoms. The van der Waals surface area contributed by atoms with E-state index in [0.717, 1.165) is 12.0 Å². The van der Waals surface area contributed by atoms with Gasteiger partial charge in [-0.05, 0) is 38.0 Å². The zero-order valence-corrected chi connectivity index (χ0v) is 18.1. The summed E-state index contributed by atoms with van der Waals surface area (Å²) in [5.74, 6) is -0.189. The maximum atomic E-state index is 13.2. The van der Waals surface area contributed by atoms with E-state index in [1.165, 1.54) is 13.0 Å². The second kappa shape index (κ2) is 8.87. The van der Waals surface area contributed by atoms with E-state index >= 15 is 0 Å². The number of nitrogens with zero attached hydrogens (tertiary/aromatic N) is 3. The number of nitro benzene ring substituents is 1. The van der Waals surface area contributed by atoms with Crippen LogP contribution in [0.3, 0.4) is 0 Å². The van der Waals surface area contributed by atoms with Gasteiger partial charge in [-0.25, -0.2) is 0 Å². The first kappa shape index (κ1) is 21.8. The first-order chi connectivity index (χ1) is 14.2. The molecule has 1 amide bonds. The summed E-state index contributed by atoms with van der Waals surface area (Å²) in [7, 11) is 0. The van der Waals surface area contributed by atoms with Crippen LogP contribution in [0.4, 0.5) is 11.4 Å². The lowest BCUT2D eigenvalue weighted by Gasteiger charge is -2.35. The van der Waals surface area contributed by atoms with Crippen LogP contribution in [0.25, 0.3) is 0 Å². The van der Waals surface area contributed by atoms with Crippen LogP contribution in [0.1, 0.15) is 52.4 Å². The SMILES string of the molecule is CCCc1c(C(=O)N2CCN(c3ccc(Cl)cc3[N+](=O)[O-])CC2)[nH]c(C)c1C(C)=O. The average molecular weight is 433 g/mol. The van der Waals surface area contributed by atoms with Gasteiger partial charge in [-0.1, -0.05) is 24.9 Å². The molecule has 0 aliphatic carbocycles. The highest BCUT2D eigenvalue weighted by Crippen LogP contribution is 2.32. The third kappa shape index (κ3) is 4.18. The van der Waals surface area contributed by atoms with Crippen molar-refractivity contribution in [2.24, 2.45) is 0 Å². The third-order valence-corrected chi connectivity index (χ3v) is 5.63. The summed E-state index contributed by atoms with van der Waals surface area (Å²) in [4.78, 5) is 42.9. The number of rotatable bonds is 6. The van der Waals surface area contributed by atoms with Crippen molar-refractivity contribution < 1.29 is 14.5 Å². The van der Waals surface area contributed by atoms with Gasteiger partial charge in [-0.2, -0.15) is 0 Å². The van der Waals surface area contributed by atoms with Gasteiger partial charge in [-0.15, -0.1) is 0 Å². The van der Waals surface area contributed by atoms with E-state index < -0.39 is 4.92 Å². The van der Waals surface area contributed by atoms with Crippen LogP contribution in [0.15, 0.2) is 18.2 Å².